The van der Waals surface area contributed by atoms with Gasteiger partial charge in [0, 0.05) is 32.2 Å². The molecule has 1 amide bonds. The molecule has 2 aromatic carbocycles. The first-order valence-electron chi connectivity index (χ1n) is 9.50. The summed E-state index contributed by atoms with van der Waals surface area (Å²) in [5, 5.41) is 0.388. The van der Waals surface area contributed by atoms with Crippen LogP contribution in [0.4, 0.5) is 13.9 Å². The summed E-state index contributed by atoms with van der Waals surface area (Å²) in [7, 11) is 0. The molecular weight excluding hydrogens is 396 g/mol. The topological polar surface area (TPSA) is 45.7 Å². The third-order valence-corrected chi connectivity index (χ3v) is 5.90. The van der Waals surface area contributed by atoms with Crippen LogP contribution in [0.2, 0.25) is 0 Å². The van der Waals surface area contributed by atoms with Gasteiger partial charge in [-0.3, -0.25) is 14.6 Å². The molecule has 2 heterocycles. The van der Waals surface area contributed by atoms with E-state index in [1.807, 2.05) is 30.3 Å². The van der Waals surface area contributed by atoms with Gasteiger partial charge in [0.05, 0.1) is 24.3 Å². The summed E-state index contributed by atoms with van der Waals surface area (Å²) in [5.41, 5.74) is 0.988. The van der Waals surface area contributed by atoms with Crippen LogP contribution in [-0.4, -0.2) is 55.2 Å². The highest BCUT2D eigenvalue weighted by atomic mass is 32.1. The summed E-state index contributed by atoms with van der Waals surface area (Å²) >= 11 is 1.13. The van der Waals surface area contributed by atoms with E-state index < -0.39 is 11.6 Å². The van der Waals surface area contributed by atoms with Crippen molar-refractivity contribution in [3.8, 4) is 0 Å². The minimum absolute atomic E-state index is 0.0929. The molecule has 152 valence electrons. The Morgan fingerprint density at radius 3 is 2.69 bits per heavy atom. The second-order valence-electron chi connectivity index (χ2n) is 6.89. The largest absolute Gasteiger partial charge is 0.379 e. The van der Waals surface area contributed by atoms with Gasteiger partial charge in [0.15, 0.2) is 10.9 Å². The summed E-state index contributed by atoms with van der Waals surface area (Å²) in [4.78, 5) is 21.2. The monoisotopic (exact) mass is 417 g/mol. The van der Waals surface area contributed by atoms with Gasteiger partial charge in [-0.2, -0.15) is 0 Å². The Hall–Kier alpha value is -2.42. The Morgan fingerprint density at radius 2 is 1.93 bits per heavy atom. The fraction of sp³-hybridized carbons (Fsp3) is 0.333. The number of hydrogen-bond acceptors (Lipinski definition) is 5. The van der Waals surface area contributed by atoms with Crippen molar-refractivity contribution in [2.45, 2.75) is 6.42 Å². The van der Waals surface area contributed by atoms with E-state index in [2.05, 4.69) is 9.88 Å². The average molecular weight is 417 g/mol. The zero-order chi connectivity index (χ0) is 20.2. The first-order valence-corrected chi connectivity index (χ1v) is 10.3. The van der Waals surface area contributed by atoms with E-state index in [9.17, 15) is 13.6 Å². The van der Waals surface area contributed by atoms with Crippen LogP contribution in [0.25, 0.3) is 10.2 Å². The van der Waals surface area contributed by atoms with Crippen molar-refractivity contribution in [3.63, 3.8) is 0 Å². The summed E-state index contributed by atoms with van der Waals surface area (Å²) in [6, 6.07) is 11.5. The zero-order valence-electron chi connectivity index (χ0n) is 15.8. The number of amides is 1. The van der Waals surface area contributed by atoms with E-state index in [4.69, 9.17) is 4.74 Å². The molecule has 0 N–H and O–H groups in total. The number of carbonyl (C=O) groups excluding carboxylic acids is 1. The van der Waals surface area contributed by atoms with E-state index in [1.54, 1.807) is 4.90 Å². The number of thiazole rings is 1. The Morgan fingerprint density at radius 1 is 1.17 bits per heavy atom. The molecule has 29 heavy (non-hydrogen) atoms. The standard InChI is InChI=1S/C21H21F2N3O2S/c22-16-13-17(23)20-18(14-16)29-21(24-20)26(7-6-25-8-10-28-11-9-25)19(27)12-15-4-2-1-3-5-15/h1-5,13-14H,6-12H2. The summed E-state index contributed by atoms with van der Waals surface area (Å²) in [6.07, 6.45) is 0.219. The summed E-state index contributed by atoms with van der Waals surface area (Å²) in [5.74, 6) is -1.49. The van der Waals surface area contributed by atoms with Crippen molar-refractivity contribution in [1.82, 2.24) is 9.88 Å². The van der Waals surface area contributed by atoms with Crippen molar-refractivity contribution < 1.29 is 18.3 Å². The van der Waals surface area contributed by atoms with Crippen LogP contribution >= 0.6 is 11.3 Å². The molecule has 5 nitrogen and oxygen atoms in total. The Labute approximate surface area is 171 Å². The normalized spacial score (nSPS) is 15.0. The molecule has 0 bridgehead atoms. The number of anilines is 1. The molecule has 0 aliphatic carbocycles. The molecule has 3 aromatic rings. The minimum atomic E-state index is -0.717. The smallest absolute Gasteiger partial charge is 0.233 e. The van der Waals surface area contributed by atoms with Crippen molar-refractivity contribution in [3.05, 3.63) is 59.7 Å². The molecule has 4 rings (SSSR count). The lowest BCUT2D eigenvalue weighted by Gasteiger charge is -2.29. The van der Waals surface area contributed by atoms with Gasteiger partial charge in [0.2, 0.25) is 5.91 Å². The third-order valence-electron chi connectivity index (χ3n) is 4.88. The molecule has 0 atom stereocenters. The highest BCUT2D eigenvalue weighted by Gasteiger charge is 2.23. The van der Waals surface area contributed by atoms with Gasteiger partial charge in [-0.25, -0.2) is 13.8 Å². The van der Waals surface area contributed by atoms with E-state index in [1.165, 1.54) is 6.07 Å². The summed E-state index contributed by atoms with van der Waals surface area (Å²) in [6.45, 7) is 4.04. The van der Waals surface area contributed by atoms with Crippen molar-refractivity contribution >= 4 is 32.6 Å². The van der Waals surface area contributed by atoms with Crippen LogP contribution in [-0.2, 0) is 16.0 Å². The average Bonchev–Trinajstić information content (AvgIpc) is 3.13. The number of halogens is 2. The number of fused-ring (bicyclic) bond motifs is 1. The maximum Gasteiger partial charge on any atom is 0.233 e. The van der Waals surface area contributed by atoms with Gasteiger partial charge in [0.1, 0.15) is 11.3 Å². The minimum Gasteiger partial charge on any atom is -0.379 e. The summed E-state index contributed by atoms with van der Waals surface area (Å²) < 4.78 is 33.5. The molecule has 0 spiro atoms. The van der Waals surface area contributed by atoms with Crippen LogP contribution in [0, 0.1) is 11.6 Å². The molecular formula is C21H21F2N3O2S. The highest BCUT2D eigenvalue weighted by molar-refractivity contribution is 7.22. The molecule has 0 saturated carbocycles. The molecule has 1 aliphatic rings. The highest BCUT2D eigenvalue weighted by Crippen LogP contribution is 2.31. The number of aromatic nitrogens is 1. The van der Waals surface area contributed by atoms with Gasteiger partial charge in [-0.1, -0.05) is 41.7 Å². The lowest BCUT2D eigenvalue weighted by molar-refractivity contribution is -0.118. The number of morpholine rings is 1. The Kier molecular flexibility index (Phi) is 6.13. The van der Waals surface area contributed by atoms with Crippen LogP contribution in [0.15, 0.2) is 42.5 Å². The number of hydrogen-bond donors (Lipinski definition) is 0. The second kappa shape index (κ2) is 8.94. The van der Waals surface area contributed by atoms with Gasteiger partial charge in [0.25, 0.3) is 0 Å². The molecule has 1 aliphatic heterocycles. The maximum atomic E-state index is 14.1. The van der Waals surface area contributed by atoms with Crippen LogP contribution in [0.1, 0.15) is 5.56 Å². The quantitative estimate of drug-likeness (QED) is 0.616. The number of carbonyl (C=O) groups is 1. The number of ether oxygens (including phenoxy) is 1. The zero-order valence-corrected chi connectivity index (χ0v) is 16.6. The Balaban J connectivity index is 1.59. The number of nitrogens with zero attached hydrogens (tertiary/aromatic N) is 3. The number of rotatable bonds is 6. The van der Waals surface area contributed by atoms with Crippen LogP contribution in [0.5, 0.6) is 0 Å². The molecule has 0 radical (unpaired) electrons. The lowest BCUT2D eigenvalue weighted by atomic mass is 10.1. The van der Waals surface area contributed by atoms with Gasteiger partial charge >= 0.3 is 0 Å². The molecule has 1 saturated heterocycles. The number of benzene rings is 2. The molecule has 1 aromatic heterocycles. The van der Waals surface area contributed by atoms with E-state index in [0.717, 1.165) is 36.1 Å². The third kappa shape index (κ3) is 4.77. The van der Waals surface area contributed by atoms with E-state index in [0.29, 0.717) is 36.1 Å². The van der Waals surface area contributed by atoms with Gasteiger partial charge in [-0.15, -0.1) is 0 Å². The fourth-order valence-electron chi connectivity index (χ4n) is 3.32. The molecule has 0 unspecified atom stereocenters. The molecule has 8 heteroatoms. The first kappa shape index (κ1) is 19.9. The SMILES string of the molecule is O=C(Cc1ccccc1)N(CCN1CCOCC1)c1nc2c(F)cc(F)cc2s1. The second-order valence-corrected chi connectivity index (χ2v) is 7.90. The predicted molar refractivity (Wildman–Crippen MR) is 109 cm³/mol. The van der Waals surface area contributed by atoms with Crippen LogP contribution in [0.3, 0.4) is 0 Å². The first-order chi connectivity index (χ1) is 14.1. The van der Waals surface area contributed by atoms with Crippen molar-refractivity contribution in [1.29, 1.82) is 0 Å². The van der Waals surface area contributed by atoms with Crippen LogP contribution < -0.4 is 4.90 Å². The van der Waals surface area contributed by atoms with Crippen molar-refractivity contribution in [2.75, 3.05) is 44.3 Å². The molecule has 1 fully saturated rings. The Bertz CT molecular complexity index is 990. The fourth-order valence-corrected chi connectivity index (χ4v) is 4.37. The lowest BCUT2D eigenvalue weighted by Crippen LogP contribution is -2.43. The maximum absolute atomic E-state index is 14.1. The van der Waals surface area contributed by atoms with Gasteiger partial charge < -0.3 is 4.74 Å². The van der Waals surface area contributed by atoms with Gasteiger partial charge in [-0.05, 0) is 11.6 Å². The van der Waals surface area contributed by atoms with Crippen molar-refractivity contribution in [2.24, 2.45) is 0 Å². The predicted octanol–water partition coefficient (Wildman–Crippen LogP) is 3.48. The van der Waals surface area contributed by atoms with E-state index >= 15 is 0 Å². The van der Waals surface area contributed by atoms with E-state index in [-0.39, 0.29) is 17.8 Å².